The third-order valence-electron chi connectivity index (χ3n) is 4.64. The summed E-state index contributed by atoms with van der Waals surface area (Å²) in [6, 6.07) is 12.4. The van der Waals surface area contributed by atoms with Crippen LogP contribution in [0.1, 0.15) is 5.56 Å². The maximum absolute atomic E-state index is 5.51. The van der Waals surface area contributed by atoms with Crippen LogP contribution in [0.4, 0.5) is 16.5 Å². The van der Waals surface area contributed by atoms with Crippen LogP contribution in [0.3, 0.4) is 0 Å². The van der Waals surface area contributed by atoms with E-state index in [1.54, 1.807) is 0 Å². The highest BCUT2D eigenvalue weighted by Gasteiger charge is 2.18. The van der Waals surface area contributed by atoms with Crippen molar-refractivity contribution in [3.05, 3.63) is 58.3 Å². The Hall–Kier alpha value is -2.29. The van der Waals surface area contributed by atoms with Crippen LogP contribution in [0.25, 0.3) is 0 Å². The first-order chi connectivity index (χ1) is 13.2. The predicted molar refractivity (Wildman–Crippen MR) is 113 cm³/mol. The summed E-state index contributed by atoms with van der Waals surface area (Å²) in [5.41, 5.74) is 3.51. The number of rotatable bonds is 5. The number of hydrogen-bond acceptors (Lipinski definition) is 7. The molecule has 27 heavy (non-hydrogen) atoms. The van der Waals surface area contributed by atoms with Crippen molar-refractivity contribution in [2.24, 2.45) is 0 Å². The highest BCUT2D eigenvalue weighted by molar-refractivity contribution is 7.73. The Morgan fingerprint density at radius 2 is 1.74 bits per heavy atom. The molecular weight excluding hydrogens is 376 g/mol. The highest BCUT2D eigenvalue weighted by atomic mass is 32.1. The molecule has 1 aromatic carbocycles. The fraction of sp³-hybridized carbons (Fsp3) is 0.316. The van der Waals surface area contributed by atoms with Gasteiger partial charge in [0.2, 0.25) is 5.13 Å². The Morgan fingerprint density at radius 3 is 2.44 bits per heavy atom. The first kappa shape index (κ1) is 18.1. The third-order valence-corrected chi connectivity index (χ3v) is 5.87. The van der Waals surface area contributed by atoms with Gasteiger partial charge < -0.3 is 10.2 Å². The lowest BCUT2D eigenvalue weighted by Gasteiger charge is -2.35. The molecule has 3 heterocycles. The lowest BCUT2D eigenvalue weighted by atomic mass is 10.2. The number of nitrogens with zero attached hydrogens (tertiary/aromatic N) is 5. The number of nitrogens with one attached hydrogen (secondary N) is 1. The summed E-state index contributed by atoms with van der Waals surface area (Å²) in [7, 11) is 0. The van der Waals surface area contributed by atoms with Crippen LogP contribution in [-0.4, -0.2) is 45.8 Å². The standard InChI is InChI=1S/C19H22N6S2/c1-15-2-4-16(5-3-15)21-18-22-25(19(26)27-18)14-23-10-12-24(13-11-23)17-6-8-20-9-7-17/h2-9H,10-14H2,1H3,(H,21,22). The van der Waals surface area contributed by atoms with Gasteiger partial charge >= 0.3 is 0 Å². The Balaban J connectivity index is 1.36. The van der Waals surface area contributed by atoms with Crippen molar-refractivity contribution in [3.63, 3.8) is 0 Å². The van der Waals surface area contributed by atoms with Gasteiger partial charge in [0.25, 0.3) is 0 Å². The molecule has 0 bridgehead atoms. The van der Waals surface area contributed by atoms with Gasteiger partial charge in [-0.15, -0.1) is 5.10 Å². The van der Waals surface area contributed by atoms with E-state index in [9.17, 15) is 0 Å². The van der Waals surface area contributed by atoms with Crippen molar-refractivity contribution in [2.75, 3.05) is 36.4 Å². The first-order valence-electron chi connectivity index (χ1n) is 8.96. The zero-order valence-corrected chi connectivity index (χ0v) is 16.8. The number of hydrogen-bond donors (Lipinski definition) is 1. The average Bonchev–Trinajstić information content (AvgIpc) is 3.04. The fourth-order valence-corrected chi connectivity index (χ4v) is 4.11. The van der Waals surface area contributed by atoms with Gasteiger partial charge in [0.1, 0.15) is 0 Å². The van der Waals surface area contributed by atoms with Gasteiger partial charge in [-0.1, -0.05) is 29.0 Å². The molecule has 1 aliphatic heterocycles. The number of benzene rings is 1. The minimum atomic E-state index is 0.731. The van der Waals surface area contributed by atoms with Crippen molar-refractivity contribution in [1.82, 2.24) is 19.7 Å². The maximum atomic E-state index is 5.51. The zero-order chi connectivity index (χ0) is 18.6. The number of piperazine rings is 1. The van der Waals surface area contributed by atoms with Crippen LogP contribution in [0.2, 0.25) is 0 Å². The van der Waals surface area contributed by atoms with Crippen LogP contribution < -0.4 is 10.2 Å². The molecule has 6 nitrogen and oxygen atoms in total. The normalized spacial score (nSPS) is 15.1. The molecule has 0 aliphatic carbocycles. The molecule has 2 aromatic heterocycles. The van der Waals surface area contributed by atoms with Gasteiger partial charge in [-0.05, 0) is 43.4 Å². The molecule has 0 saturated carbocycles. The minimum Gasteiger partial charge on any atom is -0.369 e. The molecular formula is C19H22N6S2. The summed E-state index contributed by atoms with van der Waals surface area (Å²) in [6.07, 6.45) is 3.69. The molecule has 140 valence electrons. The molecule has 1 aliphatic rings. The lowest BCUT2D eigenvalue weighted by molar-refractivity contribution is 0.195. The minimum absolute atomic E-state index is 0.731. The number of pyridine rings is 1. The summed E-state index contributed by atoms with van der Waals surface area (Å²) < 4.78 is 2.71. The van der Waals surface area contributed by atoms with Crippen molar-refractivity contribution >= 4 is 40.1 Å². The van der Waals surface area contributed by atoms with Gasteiger partial charge in [-0.2, -0.15) is 0 Å². The first-order valence-corrected chi connectivity index (χ1v) is 10.2. The predicted octanol–water partition coefficient (Wildman–Crippen LogP) is 3.90. The van der Waals surface area contributed by atoms with Crippen molar-refractivity contribution in [2.45, 2.75) is 13.6 Å². The molecule has 4 rings (SSSR count). The second-order valence-corrected chi connectivity index (χ2v) is 8.24. The van der Waals surface area contributed by atoms with Gasteiger partial charge in [0.05, 0.1) is 6.67 Å². The number of anilines is 3. The Kier molecular flexibility index (Phi) is 5.47. The van der Waals surface area contributed by atoms with E-state index in [0.717, 1.165) is 47.6 Å². The molecule has 0 radical (unpaired) electrons. The van der Waals surface area contributed by atoms with E-state index in [2.05, 4.69) is 68.5 Å². The Bertz CT molecular complexity index is 927. The van der Waals surface area contributed by atoms with Crippen molar-refractivity contribution < 1.29 is 0 Å². The molecule has 0 amide bonds. The largest absolute Gasteiger partial charge is 0.369 e. The van der Waals surface area contributed by atoms with Crippen LogP contribution in [0, 0.1) is 10.9 Å². The Labute approximate surface area is 168 Å². The van der Waals surface area contributed by atoms with Crippen LogP contribution in [0.15, 0.2) is 48.8 Å². The van der Waals surface area contributed by atoms with E-state index < -0.39 is 0 Å². The summed E-state index contributed by atoms with van der Waals surface area (Å²) in [5.74, 6) is 0. The zero-order valence-electron chi connectivity index (χ0n) is 15.2. The second kappa shape index (κ2) is 8.16. The van der Waals surface area contributed by atoms with E-state index >= 15 is 0 Å². The highest BCUT2D eigenvalue weighted by Crippen LogP contribution is 2.21. The number of aromatic nitrogens is 3. The second-order valence-electron chi connectivity index (χ2n) is 6.62. The summed E-state index contributed by atoms with van der Waals surface area (Å²) in [5, 5.41) is 8.83. The van der Waals surface area contributed by atoms with Crippen LogP contribution >= 0.6 is 23.6 Å². The lowest BCUT2D eigenvalue weighted by Crippen LogP contribution is -2.46. The monoisotopic (exact) mass is 398 g/mol. The van der Waals surface area contributed by atoms with E-state index in [-0.39, 0.29) is 0 Å². The van der Waals surface area contributed by atoms with Crippen LogP contribution in [0.5, 0.6) is 0 Å². The van der Waals surface area contributed by atoms with Crippen LogP contribution in [-0.2, 0) is 6.67 Å². The van der Waals surface area contributed by atoms with E-state index in [1.807, 2.05) is 17.1 Å². The van der Waals surface area contributed by atoms with Gasteiger partial charge in [-0.25, -0.2) is 4.68 Å². The smallest absolute Gasteiger partial charge is 0.209 e. The Morgan fingerprint density at radius 1 is 1.04 bits per heavy atom. The molecule has 8 heteroatoms. The quantitative estimate of drug-likeness (QED) is 0.658. The molecule has 0 unspecified atom stereocenters. The summed E-state index contributed by atoms with van der Waals surface area (Å²) in [6.45, 7) is 6.78. The molecule has 0 spiro atoms. The van der Waals surface area contributed by atoms with E-state index in [0.29, 0.717) is 0 Å². The summed E-state index contributed by atoms with van der Waals surface area (Å²) >= 11 is 7.02. The fourth-order valence-electron chi connectivity index (χ4n) is 3.10. The molecule has 3 aromatic rings. The maximum Gasteiger partial charge on any atom is 0.209 e. The average molecular weight is 399 g/mol. The third kappa shape index (κ3) is 4.52. The van der Waals surface area contributed by atoms with Crippen molar-refractivity contribution in [1.29, 1.82) is 0 Å². The van der Waals surface area contributed by atoms with Gasteiger partial charge in [0, 0.05) is 49.9 Å². The summed E-state index contributed by atoms with van der Waals surface area (Å²) in [4.78, 5) is 8.88. The van der Waals surface area contributed by atoms with Gasteiger partial charge in [0.15, 0.2) is 3.95 Å². The van der Waals surface area contributed by atoms with E-state index in [4.69, 9.17) is 12.2 Å². The molecule has 1 saturated heterocycles. The molecule has 1 fully saturated rings. The SMILES string of the molecule is Cc1ccc(Nc2nn(CN3CCN(c4ccncc4)CC3)c(=S)s2)cc1. The molecule has 1 N–H and O–H groups in total. The van der Waals surface area contributed by atoms with E-state index in [1.165, 1.54) is 22.6 Å². The number of aryl methyl sites for hydroxylation is 1. The van der Waals surface area contributed by atoms with Gasteiger partial charge in [-0.3, -0.25) is 9.88 Å². The molecule has 0 atom stereocenters. The topological polar surface area (TPSA) is 49.2 Å². The van der Waals surface area contributed by atoms with Crippen molar-refractivity contribution in [3.8, 4) is 0 Å².